The summed E-state index contributed by atoms with van der Waals surface area (Å²) >= 11 is 1.34. The van der Waals surface area contributed by atoms with Crippen molar-refractivity contribution in [3.8, 4) is 10.6 Å². The minimum atomic E-state index is -3.64. The van der Waals surface area contributed by atoms with Gasteiger partial charge in [-0.3, -0.25) is 0 Å². The summed E-state index contributed by atoms with van der Waals surface area (Å²) in [5, 5.41) is 1.29. The van der Waals surface area contributed by atoms with E-state index in [4.69, 9.17) is 10.5 Å². The third kappa shape index (κ3) is 3.69. The Balaban J connectivity index is 1.85. The maximum Gasteiger partial charge on any atom is 0.206 e. The monoisotopic (exact) mass is 401 g/mol. The van der Waals surface area contributed by atoms with Crippen LogP contribution >= 0.6 is 11.3 Å². The number of anilines is 2. The molecule has 8 heteroatoms. The second-order valence-corrected chi connectivity index (χ2v) is 9.21. The Morgan fingerprint density at radius 3 is 2.44 bits per heavy atom. The van der Waals surface area contributed by atoms with Crippen LogP contribution < -0.4 is 10.6 Å². The van der Waals surface area contributed by atoms with E-state index in [2.05, 4.69) is 9.88 Å². The summed E-state index contributed by atoms with van der Waals surface area (Å²) in [6.07, 6.45) is 1.59. The standard InChI is InChI=1S/C19H19N3O3S2/c20-18-13-21-19(26-18)14-10-15(22-6-8-25-9-7-22)12-17(11-14)27(23,24)16-4-2-1-3-5-16/h1-5,10-13H,6-9,20H2. The summed E-state index contributed by atoms with van der Waals surface area (Å²) < 4.78 is 31.8. The minimum Gasteiger partial charge on any atom is -0.389 e. The number of nitrogens with zero attached hydrogens (tertiary/aromatic N) is 2. The van der Waals surface area contributed by atoms with Gasteiger partial charge in [0.2, 0.25) is 9.84 Å². The van der Waals surface area contributed by atoms with Crippen LogP contribution in [0.4, 0.5) is 10.7 Å². The van der Waals surface area contributed by atoms with Gasteiger partial charge in [-0.25, -0.2) is 13.4 Å². The summed E-state index contributed by atoms with van der Waals surface area (Å²) in [6.45, 7) is 2.67. The molecule has 4 rings (SSSR count). The van der Waals surface area contributed by atoms with Crippen LogP contribution in [0.1, 0.15) is 0 Å². The number of aromatic nitrogens is 1. The molecule has 6 nitrogen and oxygen atoms in total. The average Bonchev–Trinajstić information content (AvgIpc) is 3.15. The molecular weight excluding hydrogens is 382 g/mol. The lowest BCUT2D eigenvalue weighted by molar-refractivity contribution is 0.122. The maximum absolute atomic E-state index is 13.2. The molecule has 1 aliphatic heterocycles. The number of hydrogen-bond acceptors (Lipinski definition) is 7. The molecule has 1 aliphatic rings. The van der Waals surface area contributed by atoms with Crippen molar-refractivity contribution in [1.82, 2.24) is 4.98 Å². The Morgan fingerprint density at radius 2 is 1.78 bits per heavy atom. The molecule has 1 fully saturated rings. The van der Waals surface area contributed by atoms with Crippen LogP contribution in [0.2, 0.25) is 0 Å². The Morgan fingerprint density at radius 1 is 1.04 bits per heavy atom. The van der Waals surface area contributed by atoms with Crippen LogP contribution in [0.5, 0.6) is 0 Å². The molecule has 2 N–H and O–H groups in total. The molecule has 0 bridgehead atoms. The summed E-state index contributed by atoms with van der Waals surface area (Å²) in [7, 11) is -3.64. The van der Waals surface area contributed by atoms with E-state index in [9.17, 15) is 8.42 Å². The largest absolute Gasteiger partial charge is 0.389 e. The highest BCUT2D eigenvalue weighted by Crippen LogP contribution is 2.34. The Labute approximate surface area is 162 Å². The molecule has 0 saturated carbocycles. The van der Waals surface area contributed by atoms with Gasteiger partial charge in [-0.05, 0) is 30.3 Å². The summed E-state index contributed by atoms with van der Waals surface area (Å²) in [4.78, 5) is 6.98. The van der Waals surface area contributed by atoms with E-state index in [1.807, 2.05) is 6.07 Å². The smallest absolute Gasteiger partial charge is 0.206 e. The van der Waals surface area contributed by atoms with E-state index in [0.717, 1.165) is 11.3 Å². The zero-order valence-electron chi connectivity index (χ0n) is 14.5. The lowest BCUT2D eigenvalue weighted by Crippen LogP contribution is -2.36. The second kappa shape index (κ2) is 7.30. The van der Waals surface area contributed by atoms with Gasteiger partial charge in [-0.2, -0.15) is 0 Å². The van der Waals surface area contributed by atoms with Gasteiger partial charge in [0.15, 0.2) is 0 Å². The first-order valence-corrected chi connectivity index (χ1v) is 10.8. The molecule has 0 aliphatic carbocycles. The van der Waals surface area contributed by atoms with Crippen LogP contribution in [0.25, 0.3) is 10.6 Å². The van der Waals surface area contributed by atoms with Crippen LogP contribution in [-0.4, -0.2) is 39.7 Å². The van der Waals surface area contributed by atoms with Crippen molar-refractivity contribution >= 4 is 31.9 Å². The van der Waals surface area contributed by atoms with E-state index in [1.165, 1.54) is 11.3 Å². The van der Waals surface area contributed by atoms with E-state index in [0.29, 0.717) is 36.3 Å². The molecule has 0 radical (unpaired) electrons. The number of hydrogen-bond donors (Lipinski definition) is 1. The van der Waals surface area contributed by atoms with Gasteiger partial charge in [-0.1, -0.05) is 29.5 Å². The maximum atomic E-state index is 13.2. The van der Waals surface area contributed by atoms with Crippen molar-refractivity contribution in [3.63, 3.8) is 0 Å². The van der Waals surface area contributed by atoms with Gasteiger partial charge >= 0.3 is 0 Å². The highest BCUT2D eigenvalue weighted by Gasteiger charge is 2.22. The first-order valence-electron chi connectivity index (χ1n) is 8.54. The fourth-order valence-electron chi connectivity index (χ4n) is 3.02. The third-order valence-corrected chi connectivity index (χ3v) is 7.03. The van der Waals surface area contributed by atoms with Crippen LogP contribution in [0, 0.1) is 0 Å². The fraction of sp³-hybridized carbons (Fsp3) is 0.211. The second-order valence-electron chi connectivity index (χ2n) is 6.20. The number of ether oxygens (including phenoxy) is 1. The molecule has 0 amide bonds. The van der Waals surface area contributed by atoms with E-state index in [-0.39, 0.29) is 9.79 Å². The van der Waals surface area contributed by atoms with Crippen molar-refractivity contribution in [2.75, 3.05) is 36.9 Å². The molecule has 1 saturated heterocycles. The van der Waals surface area contributed by atoms with E-state index < -0.39 is 9.84 Å². The Kier molecular flexibility index (Phi) is 4.86. The summed E-state index contributed by atoms with van der Waals surface area (Å²) in [5.41, 5.74) is 7.41. The molecule has 0 atom stereocenters. The van der Waals surface area contributed by atoms with Crippen molar-refractivity contribution < 1.29 is 13.2 Å². The Bertz CT molecular complexity index is 1040. The molecule has 2 aromatic carbocycles. The van der Waals surface area contributed by atoms with E-state index >= 15 is 0 Å². The van der Waals surface area contributed by atoms with Crippen LogP contribution in [0.3, 0.4) is 0 Å². The molecule has 140 valence electrons. The first-order chi connectivity index (χ1) is 13.0. The Hall–Kier alpha value is -2.42. The van der Waals surface area contributed by atoms with Crippen LogP contribution in [-0.2, 0) is 14.6 Å². The summed E-state index contributed by atoms with van der Waals surface area (Å²) in [5.74, 6) is 0. The normalized spacial score (nSPS) is 15.0. The molecular formula is C19H19N3O3S2. The van der Waals surface area contributed by atoms with Gasteiger partial charge in [0.25, 0.3) is 0 Å². The number of benzene rings is 2. The van der Waals surface area contributed by atoms with E-state index in [1.54, 1.807) is 48.7 Å². The predicted molar refractivity (Wildman–Crippen MR) is 107 cm³/mol. The van der Waals surface area contributed by atoms with Gasteiger partial charge in [-0.15, -0.1) is 0 Å². The van der Waals surface area contributed by atoms with Crippen molar-refractivity contribution in [2.24, 2.45) is 0 Å². The lowest BCUT2D eigenvalue weighted by Gasteiger charge is -2.29. The van der Waals surface area contributed by atoms with Crippen molar-refractivity contribution in [1.29, 1.82) is 0 Å². The zero-order valence-corrected chi connectivity index (χ0v) is 16.2. The van der Waals surface area contributed by atoms with Crippen molar-refractivity contribution in [3.05, 3.63) is 54.7 Å². The number of nitrogen functional groups attached to an aromatic ring is 1. The molecule has 0 spiro atoms. The van der Waals surface area contributed by atoms with Gasteiger partial charge < -0.3 is 15.4 Å². The number of rotatable bonds is 4. The summed E-state index contributed by atoms with van der Waals surface area (Å²) in [6, 6.07) is 13.8. The van der Waals surface area contributed by atoms with Crippen LogP contribution in [0.15, 0.2) is 64.5 Å². The number of nitrogens with two attached hydrogens (primary N) is 1. The molecule has 3 aromatic rings. The van der Waals surface area contributed by atoms with Gasteiger partial charge in [0, 0.05) is 24.3 Å². The minimum absolute atomic E-state index is 0.251. The average molecular weight is 402 g/mol. The number of morpholine rings is 1. The molecule has 1 aromatic heterocycles. The number of thiazole rings is 1. The molecule has 2 heterocycles. The lowest BCUT2D eigenvalue weighted by atomic mass is 10.2. The first kappa shape index (κ1) is 18.0. The highest BCUT2D eigenvalue weighted by molar-refractivity contribution is 7.91. The number of sulfone groups is 1. The van der Waals surface area contributed by atoms with Crippen molar-refractivity contribution in [2.45, 2.75) is 9.79 Å². The predicted octanol–water partition coefficient (Wildman–Crippen LogP) is 3.06. The zero-order chi connectivity index (χ0) is 18.9. The fourth-order valence-corrected chi connectivity index (χ4v) is 5.04. The SMILES string of the molecule is Nc1cnc(-c2cc(N3CCOCC3)cc(S(=O)(=O)c3ccccc3)c2)s1. The topological polar surface area (TPSA) is 85.5 Å². The quantitative estimate of drug-likeness (QED) is 0.723. The van der Waals surface area contributed by atoms with Gasteiger partial charge in [0.1, 0.15) is 10.0 Å². The van der Waals surface area contributed by atoms with Gasteiger partial charge in [0.05, 0.1) is 29.2 Å². The molecule has 0 unspecified atom stereocenters. The molecule has 27 heavy (non-hydrogen) atoms. The highest BCUT2D eigenvalue weighted by atomic mass is 32.2. The third-order valence-electron chi connectivity index (χ3n) is 4.40.